The van der Waals surface area contributed by atoms with Crippen LogP contribution in [0.5, 0.6) is 5.75 Å². The number of rotatable bonds is 4. The Bertz CT molecular complexity index is 860. The van der Waals surface area contributed by atoms with Gasteiger partial charge in [0.15, 0.2) is 0 Å². The molecule has 1 unspecified atom stereocenters. The minimum absolute atomic E-state index is 0.00286. The molecule has 0 aromatic heterocycles. The van der Waals surface area contributed by atoms with Crippen molar-refractivity contribution >= 4 is 15.7 Å². The molecule has 1 atom stereocenters. The van der Waals surface area contributed by atoms with Gasteiger partial charge in [-0.1, -0.05) is 37.3 Å². The van der Waals surface area contributed by atoms with Gasteiger partial charge in [0, 0.05) is 0 Å². The number of fused-ring (bicyclic) bond motifs is 1. The first kappa shape index (κ1) is 17.8. The molecule has 0 fully saturated rings. The summed E-state index contributed by atoms with van der Waals surface area (Å²) in [5.74, 6) is 1.02. The van der Waals surface area contributed by atoms with Gasteiger partial charge in [0.2, 0.25) is 10.0 Å². The Labute approximate surface area is 150 Å². The quantitative estimate of drug-likeness (QED) is 0.817. The second kappa shape index (κ2) is 6.37. The second-order valence-corrected chi connectivity index (χ2v) is 9.17. The molecule has 0 saturated carbocycles. The number of benzene rings is 2. The normalized spacial score (nSPS) is 19.4. The molecule has 4 nitrogen and oxygen atoms in total. The van der Waals surface area contributed by atoms with Gasteiger partial charge in [-0.25, -0.2) is 8.42 Å². The van der Waals surface area contributed by atoms with Crippen LogP contribution in [0.2, 0.25) is 0 Å². The van der Waals surface area contributed by atoms with Gasteiger partial charge in [-0.05, 0) is 55.5 Å². The fraction of sp³-hybridized carbons (Fsp3) is 0.400. The van der Waals surface area contributed by atoms with Gasteiger partial charge in [0.1, 0.15) is 5.75 Å². The van der Waals surface area contributed by atoms with E-state index in [4.69, 9.17) is 4.74 Å². The molecular weight excluding hydrogens is 334 g/mol. The maximum Gasteiger partial charge on any atom is 0.239 e. The standard InChI is InChI=1S/C20H25NO3S/c1-15-13-20(2,3)21(19-11-10-17(24-4)12-18(15)19)25(22,23)14-16-8-6-5-7-9-16/h5-12,15H,13-14H2,1-4H3. The maximum absolute atomic E-state index is 13.3. The third kappa shape index (κ3) is 3.38. The lowest BCUT2D eigenvalue weighted by Crippen LogP contribution is -2.51. The molecule has 0 spiro atoms. The Kier molecular flexibility index (Phi) is 4.54. The summed E-state index contributed by atoms with van der Waals surface area (Å²) in [6.45, 7) is 6.14. The Morgan fingerprint density at radius 1 is 1.16 bits per heavy atom. The molecule has 2 aromatic carbocycles. The highest BCUT2D eigenvalue weighted by Crippen LogP contribution is 2.46. The van der Waals surface area contributed by atoms with E-state index >= 15 is 0 Å². The number of sulfonamides is 1. The van der Waals surface area contributed by atoms with E-state index < -0.39 is 15.6 Å². The van der Waals surface area contributed by atoms with Crippen molar-refractivity contribution in [1.29, 1.82) is 0 Å². The van der Waals surface area contributed by atoms with Crippen molar-refractivity contribution in [3.05, 3.63) is 59.7 Å². The Morgan fingerprint density at radius 2 is 1.84 bits per heavy atom. The first-order valence-corrected chi connectivity index (χ1v) is 10.1. The number of anilines is 1. The zero-order valence-electron chi connectivity index (χ0n) is 15.2. The van der Waals surface area contributed by atoms with Crippen molar-refractivity contribution in [3.63, 3.8) is 0 Å². The molecule has 0 radical (unpaired) electrons. The van der Waals surface area contributed by atoms with Crippen LogP contribution < -0.4 is 9.04 Å². The fourth-order valence-corrected chi connectivity index (χ4v) is 5.92. The van der Waals surface area contributed by atoms with E-state index in [2.05, 4.69) is 6.92 Å². The molecule has 0 amide bonds. The zero-order chi connectivity index (χ0) is 18.2. The molecule has 134 valence electrons. The summed E-state index contributed by atoms with van der Waals surface area (Å²) >= 11 is 0. The Hall–Kier alpha value is -2.01. The van der Waals surface area contributed by atoms with Crippen LogP contribution in [0.4, 0.5) is 5.69 Å². The van der Waals surface area contributed by atoms with Crippen molar-refractivity contribution in [2.24, 2.45) is 0 Å². The molecule has 0 N–H and O–H groups in total. The average molecular weight is 359 g/mol. The Balaban J connectivity index is 2.09. The van der Waals surface area contributed by atoms with Crippen LogP contribution >= 0.6 is 0 Å². The van der Waals surface area contributed by atoms with Crippen LogP contribution in [-0.4, -0.2) is 21.1 Å². The number of methoxy groups -OCH3 is 1. The summed E-state index contributed by atoms with van der Waals surface area (Å²) in [5.41, 5.74) is 2.11. The molecule has 1 heterocycles. The van der Waals surface area contributed by atoms with Crippen molar-refractivity contribution in [3.8, 4) is 5.75 Å². The lowest BCUT2D eigenvalue weighted by atomic mass is 9.82. The van der Waals surface area contributed by atoms with E-state index in [0.717, 1.165) is 29.0 Å². The molecular formula is C20H25NO3S. The van der Waals surface area contributed by atoms with Gasteiger partial charge < -0.3 is 4.74 Å². The van der Waals surface area contributed by atoms with Gasteiger partial charge in [-0.2, -0.15) is 0 Å². The predicted octanol–water partition coefficient (Wildman–Crippen LogP) is 4.32. The monoisotopic (exact) mass is 359 g/mol. The highest BCUT2D eigenvalue weighted by molar-refractivity contribution is 7.92. The third-order valence-electron chi connectivity index (χ3n) is 4.81. The van der Waals surface area contributed by atoms with Crippen LogP contribution in [0.15, 0.2) is 48.5 Å². The summed E-state index contributed by atoms with van der Waals surface area (Å²) in [5, 5.41) is 0. The van der Waals surface area contributed by atoms with E-state index in [-0.39, 0.29) is 11.7 Å². The predicted molar refractivity (Wildman–Crippen MR) is 102 cm³/mol. The second-order valence-electron chi connectivity index (χ2n) is 7.35. The summed E-state index contributed by atoms with van der Waals surface area (Å²) < 4.78 is 33.5. The number of nitrogens with zero attached hydrogens (tertiary/aromatic N) is 1. The molecule has 1 aliphatic heterocycles. The Morgan fingerprint density at radius 3 is 2.48 bits per heavy atom. The first-order chi connectivity index (χ1) is 11.7. The summed E-state index contributed by atoms with van der Waals surface area (Å²) in [7, 11) is -1.88. The van der Waals surface area contributed by atoms with E-state index in [1.807, 2.05) is 62.4 Å². The van der Waals surface area contributed by atoms with Crippen molar-refractivity contribution in [2.45, 2.75) is 44.4 Å². The first-order valence-electron chi connectivity index (χ1n) is 8.49. The maximum atomic E-state index is 13.3. The summed E-state index contributed by atoms with van der Waals surface area (Å²) in [4.78, 5) is 0. The zero-order valence-corrected chi connectivity index (χ0v) is 16.0. The van der Waals surface area contributed by atoms with Crippen LogP contribution in [0.25, 0.3) is 0 Å². The van der Waals surface area contributed by atoms with Gasteiger partial charge in [-0.3, -0.25) is 4.31 Å². The largest absolute Gasteiger partial charge is 0.497 e. The summed E-state index contributed by atoms with van der Waals surface area (Å²) in [6, 6.07) is 15.0. The molecule has 3 rings (SSSR count). The van der Waals surface area contributed by atoms with Crippen LogP contribution in [0.3, 0.4) is 0 Å². The van der Waals surface area contributed by atoms with Crippen molar-refractivity contribution < 1.29 is 13.2 Å². The number of hydrogen-bond donors (Lipinski definition) is 0. The average Bonchev–Trinajstić information content (AvgIpc) is 2.54. The molecule has 0 aliphatic carbocycles. The lowest BCUT2D eigenvalue weighted by molar-refractivity contribution is 0.400. The molecule has 2 aromatic rings. The van der Waals surface area contributed by atoms with Crippen LogP contribution in [0, 0.1) is 0 Å². The lowest BCUT2D eigenvalue weighted by Gasteiger charge is -2.46. The molecule has 1 aliphatic rings. The fourth-order valence-electron chi connectivity index (χ4n) is 3.88. The number of hydrogen-bond acceptors (Lipinski definition) is 3. The van der Waals surface area contributed by atoms with Gasteiger partial charge in [0.05, 0.1) is 24.1 Å². The molecule has 5 heteroatoms. The van der Waals surface area contributed by atoms with Gasteiger partial charge in [0.25, 0.3) is 0 Å². The smallest absolute Gasteiger partial charge is 0.239 e. The highest BCUT2D eigenvalue weighted by Gasteiger charge is 2.42. The molecule has 0 saturated heterocycles. The molecule has 25 heavy (non-hydrogen) atoms. The van der Waals surface area contributed by atoms with Crippen LogP contribution in [-0.2, 0) is 15.8 Å². The molecule has 0 bridgehead atoms. The van der Waals surface area contributed by atoms with Gasteiger partial charge in [-0.15, -0.1) is 0 Å². The highest BCUT2D eigenvalue weighted by atomic mass is 32.2. The number of ether oxygens (including phenoxy) is 1. The van der Waals surface area contributed by atoms with E-state index in [9.17, 15) is 8.42 Å². The van der Waals surface area contributed by atoms with Crippen LogP contribution in [0.1, 0.15) is 44.2 Å². The van der Waals surface area contributed by atoms with Crippen molar-refractivity contribution in [2.75, 3.05) is 11.4 Å². The van der Waals surface area contributed by atoms with E-state index in [1.54, 1.807) is 11.4 Å². The minimum Gasteiger partial charge on any atom is -0.497 e. The summed E-state index contributed by atoms with van der Waals surface area (Å²) in [6.07, 6.45) is 0.765. The van der Waals surface area contributed by atoms with E-state index in [1.165, 1.54) is 0 Å². The van der Waals surface area contributed by atoms with E-state index in [0.29, 0.717) is 0 Å². The minimum atomic E-state index is -3.51. The third-order valence-corrected chi connectivity index (χ3v) is 6.76. The SMILES string of the molecule is COc1ccc2c(c1)C(C)CC(C)(C)N2S(=O)(=O)Cc1ccccc1. The van der Waals surface area contributed by atoms with Crippen molar-refractivity contribution in [1.82, 2.24) is 0 Å². The topological polar surface area (TPSA) is 46.6 Å². The van der Waals surface area contributed by atoms with Gasteiger partial charge >= 0.3 is 0 Å².